The maximum atomic E-state index is 11.6. The molecule has 12 heavy (non-hydrogen) atoms. The minimum absolute atomic E-state index is 0.744. The van der Waals surface area contributed by atoms with Gasteiger partial charge in [0.25, 0.3) is 0 Å². The van der Waals surface area contributed by atoms with Crippen LogP contribution in [0.4, 0.5) is 18.0 Å². The average Bonchev–Trinajstić information content (AvgIpc) is 2.16. The zero-order valence-electron chi connectivity index (χ0n) is 6.00. The van der Waals surface area contributed by atoms with Crippen LogP contribution in [0.3, 0.4) is 0 Å². The molecule has 4 nitrogen and oxygen atoms in total. The molecular formula is C5H5F3N2O2. The second-order valence-electron chi connectivity index (χ2n) is 2.13. The summed E-state index contributed by atoms with van der Waals surface area (Å²) in [6, 6.07) is -0.746. The highest BCUT2D eigenvalue weighted by molar-refractivity contribution is 5.91. The summed E-state index contributed by atoms with van der Waals surface area (Å²) in [5, 5.41) is 0. The molecule has 0 aliphatic carbocycles. The molecule has 0 aromatic rings. The molecule has 7 heteroatoms. The van der Waals surface area contributed by atoms with E-state index in [1.165, 1.54) is 7.05 Å². The highest BCUT2D eigenvalue weighted by Gasteiger charge is 2.37. The van der Waals surface area contributed by atoms with E-state index in [2.05, 4.69) is 9.73 Å². The van der Waals surface area contributed by atoms with E-state index in [9.17, 15) is 18.0 Å². The number of aliphatic imine (C=N–C) groups is 1. The van der Waals surface area contributed by atoms with Crippen molar-refractivity contribution in [1.82, 2.24) is 4.90 Å². The molecule has 0 aromatic heterocycles. The molecule has 0 aromatic carbocycles. The Labute approximate surface area is 65.6 Å². The summed E-state index contributed by atoms with van der Waals surface area (Å²) in [6.07, 6.45) is -5.39. The van der Waals surface area contributed by atoms with Gasteiger partial charge in [-0.2, -0.15) is 0 Å². The third kappa shape index (κ3) is 1.94. The lowest BCUT2D eigenvalue weighted by Gasteiger charge is -2.18. The van der Waals surface area contributed by atoms with Crippen molar-refractivity contribution in [1.29, 1.82) is 0 Å². The van der Waals surface area contributed by atoms with Crippen LogP contribution in [0, 0.1) is 0 Å². The molecule has 1 unspecified atom stereocenters. The molecular weight excluding hydrogens is 177 g/mol. The number of urea groups is 1. The van der Waals surface area contributed by atoms with Crippen molar-refractivity contribution in [3.05, 3.63) is 0 Å². The Morgan fingerprint density at radius 3 is 2.58 bits per heavy atom. The van der Waals surface area contributed by atoms with Crippen LogP contribution in [0.15, 0.2) is 4.99 Å². The first-order valence-corrected chi connectivity index (χ1v) is 2.96. The van der Waals surface area contributed by atoms with E-state index >= 15 is 0 Å². The number of amides is 2. The standard InChI is InChI=1S/C5H5F3N2O2/c1-10-3(2-9-4(10)11)12-5(6,7)8/h2-3H,1H3. The van der Waals surface area contributed by atoms with Crippen LogP contribution in [-0.4, -0.2) is 36.8 Å². The predicted octanol–water partition coefficient (Wildman–Crippen LogP) is 0.985. The quantitative estimate of drug-likeness (QED) is 0.606. The summed E-state index contributed by atoms with van der Waals surface area (Å²) >= 11 is 0. The zero-order chi connectivity index (χ0) is 9.35. The minimum atomic E-state index is -4.75. The summed E-state index contributed by atoms with van der Waals surface area (Å²) in [5.41, 5.74) is 0. The Hall–Kier alpha value is -1.11. The van der Waals surface area contributed by atoms with Gasteiger partial charge in [-0.1, -0.05) is 0 Å². The highest BCUT2D eigenvalue weighted by atomic mass is 19.4. The molecule has 1 rings (SSSR count). The van der Waals surface area contributed by atoms with Gasteiger partial charge >= 0.3 is 12.4 Å². The number of ether oxygens (including phenoxy) is 1. The number of halogens is 3. The first-order chi connectivity index (χ1) is 5.40. The first kappa shape index (κ1) is 8.98. The second kappa shape index (κ2) is 2.74. The normalized spacial score (nSPS) is 23.8. The topological polar surface area (TPSA) is 41.9 Å². The fourth-order valence-corrected chi connectivity index (χ4v) is 0.674. The van der Waals surface area contributed by atoms with Gasteiger partial charge in [-0.3, -0.25) is 9.64 Å². The van der Waals surface area contributed by atoms with E-state index in [-0.39, 0.29) is 0 Å². The van der Waals surface area contributed by atoms with Gasteiger partial charge in [-0.15, -0.1) is 13.2 Å². The van der Waals surface area contributed by atoms with Crippen molar-refractivity contribution in [2.24, 2.45) is 4.99 Å². The molecule has 2 amide bonds. The van der Waals surface area contributed by atoms with Gasteiger partial charge in [0.05, 0.1) is 6.21 Å². The lowest BCUT2D eigenvalue weighted by Crippen LogP contribution is -2.37. The van der Waals surface area contributed by atoms with Crippen LogP contribution in [0.5, 0.6) is 0 Å². The fraction of sp³-hybridized carbons (Fsp3) is 0.600. The van der Waals surface area contributed by atoms with Crippen LogP contribution in [0.2, 0.25) is 0 Å². The Morgan fingerprint density at radius 1 is 1.67 bits per heavy atom. The number of hydrogen-bond acceptors (Lipinski definition) is 2. The summed E-state index contributed by atoms with van der Waals surface area (Å²) in [6.45, 7) is 0. The Bertz CT molecular complexity index is 225. The van der Waals surface area contributed by atoms with Crippen molar-refractivity contribution >= 4 is 12.2 Å². The first-order valence-electron chi connectivity index (χ1n) is 2.96. The van der Waals surface area contributed by atoms with Crippen molar-refractivity contribution in [2.45, 2.75) is 12.6 Å². The van der Waals surface area contributed by atoms with Crippen LogP contribution in [0.25, 0.3) is 0 Å². The summed E-state index contributed by atoms with van der Waals surface area (Å²) in [4.78, 5) is 14.4. The van der Waals surface area contributed by atoms with E-state index < -0.39 is 18.6 Å². The van der Waals surface area contributed by atoms with Crippen molar-refractivity contribution in [3.63, 3.8) is 0 Å². The summed E-state index contributed by atoms with van der Waals surface area (Å²) in [7, 11) is 1.17. The molecule has 1 aliphatic heterocycles. The zero-order valence-corrected chi connectivity index (χ0v) is 6.00. The van der Waals surface area contributed by atoms with Gasteiger partial charge in [0.15, 0.2) is 6.23 Å². The van der Waals surface area contributed by atoms with Crippen LogP contribution in [0.1, 0.15) is 0 Å². The lowest BCUT2D eigenvalue weighted by atomic mass is 10.6. The van der Waals surface area contributed by atoms with E-state index in [0.717, 1.165) is 11.1 Å². The molecule has 0 radical (unpaired) electrons. The minimum Gasteiger partial charge on any atom is -0.295 e. The van der Waals surface area contributed by atoms with Crippen LogP contribution >= 0.6 is 0 Å². The molecule has 0 fully saturated rings. The molecule has 0 N–H and O–H groups in total. The van der Waals surface area contributed by atoms with Gasteiger partial charge in [0, 0.05) is 7.05 Å². The Kier molecular flexibility index (Phi) is 2.05. The Morgan fingerprint density at radius 2 is 2.25 bits per heavy atom. The molecule has 1 aliphatic rings. The molecule has 0 bridgehead atoms. The number of carbonyl (C=O) groups is 1. The molecule has 0 saturated carbocycles. The molecule has 1 atom stereocenters. The number of hydrogen-bond donors (Lipinski definition) is 0. The summed E-state index contributed by atoms with van der Waals surface area (Å²) in [5.74, 6) is 0. The van der Waals surface area contributed by atoms with Crippen molar-refractivity contribution in [2.75, 3.05) is 7.05 Å². The van der Waals surface area contributed by atoms with Gasteiger partial charge in [-0.05, 0) is 0 Å². The van der Waals surface area contributed by atoms with E-state index in [1.807, 2.05) is 0 Å². The van der Waals surface area contributed by atoms with Crippen molar-refractivity contribution in [3.8, 4) is 0 Å². The molecule has 68 valence electrons. The van der Waals surface area contributed by atoms with Gasteiger partial charge in [0.1, 0.15) is 0 Å². The maximum Gasteiger partial charge on any atom is 0.524 e. The van der Waals surface area contributed by atoms with E-state index in [0.29, 0.717) is 0 Å². The lowest BCUT2D eigenvalue weighted by molar-refractivity contribution is -0.342. The van der Waals surface area contributed by atoms with E-state index in [4.69, 9.17) is 0 Å². The van der Waals surface area contributed by atoms with E-state index in [1.54, 1.807) is 0 Å². The number of alkyl halides is 3. The maximum absolute atomic E-state index is 11.6. The van der Waals surface area contributed by atoms with Gasteiger partial charge in [-0.25, -0.2) is 9.79 Å². The van der Waals surface area contributed by atoms with Crippen LogP contribution < -0.4 is 0 Å². The van der Waals surface area contributed by atoms with Gasteiger partial charge < -0.3 is 0 Å². The van der Waals surface area contributed by atoms with Crippen molar-refractivity contribution < 1.29 is 22.7 Å². The largest absolute Gasteiger partial charge is 0.524 e. The molecule has 0 spiro atoms. The second-order valence-corrected chi connectivity index (χ2v) is 2.13. The Balaban J connectivity index is 2.56. The molecule has 0 saturated heterocycles. The smallest absolute Gasteiger partial charge is 0.295 e. The third-order valence-electron chi connectivity index (χ3n) is 1.25. The number of carbonyl (C=O) groups excluding carboxylic acids is 1. The number of nitrogens with zero attached hydrogens (tertiary/aromatic N) is 2. The van der Waals surface area contributed by atoms with Crippen LogP contribution in [-0.2, 0) is 4.74 Å². The fourth-order valence-electron chi connectivity index (χ4n) is 0.674. The summed E-state index contributed by atoms with van der Waals surface area (Å²) < 4.78 is 38.3. The monoisotopic (exact) mass is 182 g/mol. The molecule has 1 heterocycles. The highest BCUT2D eigenvalue weighted by Crippen LogP contribution is 2.21. The van der Waals surface area contributed by atoms with Gasteiger partial charge in [0.2, 0.25) is 0 Å². The average molecular weight is 182 g/mol. The third-order valence-corrected chi connectivity index (χ3v) is 1.25. The SMILES string of the molecule is CN1C(=O)N=CC1OC(F)(F)F. The number of rotatable bonds is 1. The predicted molar refractivity (Wildman–Crippen MR) is 32.6 cm³/mol.